The fraction of sp³-hybridized carbons (Fsp3) is 0.784. The molecule has 16 unspecified atom stereocenters. The molecule has 2 saturated heterocycles. The summed E-state index contributed by atoms with van der Waals surface area (Å²) >= 11 is 0. The first-order valence-electron chi connectivity index (χ1n) is 20.6. The Labute approximate surface area is 368 Å². The summed E-state index contributed by atoms with van der Waals surface area (Å²) in [6, 6.07) is -8.70. The number of primary amides is 1. The molecule has 2 fully saturated rings. The van der Waals surface area contributed by atoms with E-state index in [1.807, 2.05) is 0 Å². The van der Waals surface area contributed by atoms with Gasteiger partial charge < -0.3 is 98.7 Å². The van der Waals surface area contributed by atoms with Gasteiger partial charge >= 0.3 is 5.97 Å². The average molecular weight is 924 g/mol. The van der Waals surface area contributed by atoms with Gasteiger partial charge in [-0.25, -0.2) is 4.79 Å². The number of amides is 7. The molecular weight excluding hydrogens is 858 g/mol. The van der Waals surface area contributed by atoms with E-state index >= 15 is 0 Å². The summed E-state index contributed by atoms with van der Waals surface area (Å²) in [5.74, 6) is -6.69. The number of ether oxygens (including phenoxy) is 4. The number of aliphatic hydroxyl groups is 5. The first-order valence-corrected chi connectivity index (χ1v) is 20.6. The smallest absolute Gasteiger partial charge is 0.326 e. The molecule has 18 N–H and O–H groups in total. The maximum absolute atomic E-state index is 13.3. The van der Waals surface area contributed by atoms with Crippen LogP contribution in [-0.2, 0) is 57.3 Å². The van der Waals surface area contributed by atoms with Crippen LogP contribution >= 0.6 is 0 Å². The highest BCUT2D eigenvalue weighted by atomic mass is 16.7. The van der Waals surface area contributed by atoms with Gasteiger partial charge in [0.2, 0.25) is 41.4 Å². The van der Waals surface area contributed by atoms with Crippen LogP contribution in [0.3, 0.4) is 0 Å². The SMILES string of the molecule is CC(=O)NC1C(OC2C(CO)OC(O)C(N)C2OC(C)C(=O)NC(C)C(=O)NC(CCC(=O)NC(CCCCNC(=O)C(C)NC(=O)C(C)N)C(=O)O)C(N)=O)OC(CO)C(O)C1O. The van der Waals surface area contributed by atoms with Crippen molar-refractivity contribution in [3.8, 4) is 0 Å². The lowest BCUT2D eigenvalue weighted by atomic mass is 9.94. The van der Waals surface area contributed by atoms with Crippen molar-refractivity contribution in [2.24, 2.45) is 17.2 Å². The molecule has 0 bridgehead atoms. The van der Waals surface area contributed by atoms with Crippen LogP contribution in [0.15, 0.2) is 0 Å². The van der Waals surface area contributed by atoms with E-state index in [9.17, 15) is 69.0 Å². The number of hydrogen-bond donors (Lipinski definition) is 15. The highest BCUT2D eigenvalue weighted by molar-refractivity contribution is 5.92. The first-order chi connectivity index (χ1) is 29.9. The summed E-state index contributed by atoms with van der Waals surface area (Å²) in [5, 5.41) is 75.5. The molecule has 27 nitrogen and oxygen atoms in total. The van der Waals surface area contributed by atoms with Crippen LogP contribution in [0.4, 0.5) is 0 Å². The first kappa shape index (κ1) is 55.5. The lowest BCUT2D eigenvalue weighted by Gasteiger charge is -2.48. The Hall–Kier alpha value is -4.68. The van der Waals surface area contributed by atoms with Crippen LogP contribution in [-0.4, -0.2) is 195 Å². The van der Waals surface area contributed by atoms with E-state index in [-0.39, 0.29) is 25.8 Å². The molecule has 16 atom stereocenters. The van der Waals surface area contributed by atoms with E-state index < -0.39 is 165 Å². The lowest BCUT2D eigenvalue weighted by molar-refractivity contribution is -0.331. The summed E-state index contributed by atoms with van der Waals surface area (Å²) in [5.41, 5.74) is 17.1. The molecule has 0 saturated carbocycles. The van der Waals surface area contributed by atoms with E-state index in [1.165, 1.54) is 27.7 Å². The highest BCUT2D eigenvalue weighted by Crippen LogP contribution is 2.30. The lowest BCUT2D eigenvalue weighted by Crippen LogP contribution is -2.69. The van der Waals surface area contributed by atoms with Crippen molar-refractivity contribution in [1.29, 1.82) is 0 Å². The quantitative estimate of drug-likeness (QED) is 0.0378. The molecular formula is C37H65N9O18. The molecule has 0 aliphatic carbocycles. The Morgan fingerprint density at radius 3 is 1.91 bits per heavy atom. The predicted molar refractivity (Wildman–Crippen MR) is 216 cm³/mol. The topological polar surface area (TPSA) is 445 Å². The Kier molecular flexibility index (Phi) is 22.8. The summed E-state index contributed by atoms with van der Waals surface area (Å²) in [6.07, 6.45) is -14.3. The number of carbonyl (C=O) groups is 8. The molecule has 7 amide bonds. The molecule has 0 aromatic carbocycles. The second-order valence-corrected chi connectivity index (χ2v) is 15.6. The zero-order valence-corrected chi connectivity index (χ0v) is 36.2. The van der Waals surface area contributed by atoms with E-state index in [1.54, 1.807) is 0 Å². The van der Waals surface area contributed by atoms with E-state index in [4.69, 9.17) is 36.1 Å². The van der Waals surface area contributed by atoms with Gasteiger partial charge in [-0.1, -0.05) is 0 Å². The number of nitrogens with two attached hydrogens (primary N) is 3. The van der Waals surface area contributed by atoms with Gasteiger partial charge in [-0.05, 0) is 53.4 Å². The minimum atomic E-state index is -1.77. The van der Waals surface area contributed by atoms with Crippen molar-refractivity contribution >= 4 is 47.3 Å². The molecule has 64 heavy (non-hydrogen) atoms. The maximum Gasteiger partial charge on any atom is 0.326 e. The molecule has 0 radical (unpaired) electrons. The second kappa shape index (κ2) is 26.3. The van der Waals surface area contributed by atoms with Crippen LogP contribution in [0, 0.1) is 0 Å². The van der Waals surface area contributed by atoms with Gasteiger partial charge in [0.15, 0.2) is 12.6 Å². The maximum atomic E-state index is 13.3. The molecule has 2 heterocycles. The third-order valence-electron chi connectivity index (χ3n) is 10.3. The highest BCUT2D eigenvalue weighted by Gasteiger charge is 2.52. The summed E-state index contributed by atoms with van der Waals surface area (Å²) in [6.45, 7) is 5.07. The molecule has 2 rings (SSSR count). The number of carbonyl (C=O) groups excluding carboxylic acids is 7. The minimum Gasteiger partial charge on any atom is -0.480 e. The third-order valence-corrected chi connectivity index (χ3v) is 10.3. The van der Waals surface area contributed by atoms with Crippen molar-refractivity contribution in [2.45, 2.75) is 164 Å². The zero-order chi connectivity index (χ0) is 48.6. The van der Waals surface area contributed by atoms with Gasteiger partial charge in [0.1, 0.15) is 72.9 Å². The molecule has 2 aliphatic rings. The van der Waals surface area contributed by atoms with Gasteiger partial charge in [-0.15, -0.1) is 0 Å². The Balaban J connectivity index is 1.99. The number of nitrogens with one attached hydrogen (secondary N) is 6. The number of carboxylic acid groups (broad SMARTS) is 1. The van der Waals surface area contributed by atoms with Crippen molar-refractivity contribution in [3.63, 3.8) is 0 Å². The molecule has 366 valence electrons. The number of aliphatic hydroxyl groups excluding tert-OH is 5. The van der Waals surface area contributed by atoms with Crippen LogP contribution in [0.1, 0.15) is 66.7 Å². The molecule has 0 aromatic heterocycles. The Morgan fingerprint density at radius 1 is 0.734 bits per heavy atom. The zero-order valence-electron chi connectivity index (χ0n) is 36.2. The standard InChI is InChI=1S/C37H65N9O18/c1-14(38)31(54)42-15(2)32(55)41-11-7-6-8-20(35(58)59)45-23(50)10-9-19(30(40)53)46-33(56)16(3)43-34(57)17(4)61-29-24(39)36(60)62-22(13-48)28(29)64-37-25(44-18(5)49)27(52)26(51)21(12-47)63-37/h14-17,19-22,24-29,36-37,47-48,51-52,60H,6-13,38-39H2,1-5H3,(H2,40,53)(H,41,55)(H,42,54)(H,43,57)(H,44,49)(H,45,50)(H,46,56)(H,58,59). The van der Waals surface area contributed by atoms with Gasteiger partial charge in [-0.3, -0.25) is 33.6 Å². The number of carboxylic acids is 1. The van der Waals surface area contributed by atoms with Crippen LogP contribution in [0.2, 0.25) is 0 Å². The largest absolute Gasteiger partial charge is 0.480 e. The predicted octanol–water partition coefficient (Wildman–Crippen LogP) is -7.91. The number of unbranched alkanes of at least 4 members (excludes halogenated alkanes) is 1. The molecule has 0 spiro atoms. The molecule has 0 aromatic rings. The van der Waals surface area contributed by atoms with Crippen molar-refractivity contribution in [3.05, 3.63) is 0 Å². The normalized spacial score (nSPS) is 28.4. The van der Waals surface area contributed by atoms with Crippen LogP contribution in [0.5, 0.6) is 0 Å². The second-order valence-electron chi connectivity index (χ2n) is 15.6. The number of aliphatic carboxylic acids is 1. The third kappa shape index (κ3) is 16.7. The Bertz CT molecular complexity index is 1610. The van der Waals surface area contributed by atoms with Gasteiger partial charge in [0.05, 0.1) is 25.3 Å². The average Bonchev–Trinajstić information content (AvgIpc) is 3.22. The van der Waals surface area contributed by atoms with Crippen molar-refractivity contribution in [1.82, 2.24) is 31.9 Å². The van der Waals surface area contributed by atoms with E-state index in [0.29, 0.717) is 6.42 Å². The fourth-order valence-corrected chi connectivity index (χ4v) is 6.49. The fourth-order valence-electron chi connectivity index (χ4n) is 6.49. The minimum absolute atomic E-state index is 0.0197. The number of rotatable bonds is 25. The molecule has 27 heteroatoms. The van der Waals surface area contributed by atoms with Crippen molar-refractivity contribution in [2.75, 3.05) is 19.8 Å². The van der Waals surface area contributed by atoms with Crippen molar-refractivity contribution < 1.29 is 87.9 Å². The molecule has 2 aliphatic heterocycles. The Morgan fingerprint density at radius 2 is 1.34 bits per heavy atom. The summed E-state index contributed by atoms with van der Waals surface area (Å²) in [7, 11) is 0. The van der Waals surface area contributed by atoms with Crippen LogP contribution < -0.4 is 49.1 Å². The monoisotopic (exact) mass is 923 g/mol. The van der Waals surface area contributed by atoms with Crippen LogP contribution in [0.25, 0.3) is 0 Å². The van der Waals surface area contributed by atoms with E-state index in [0.717, 1.165) is 6.92 Å². The van der Waals surface area contributed by atoms with Gasteiger partial charge in [0, 0.05) is 19.9 Å². The summed E-state index contributed by atoms with van der Waals surface area (Å²) < 4.78 is 22.8. The van der Waals surface area contributed by atoms with Gasteiger partial charge in [-0.2, -0.15) is 0 Å². The van der Waals surface area contributed by atoms with E-state index in [2.05, 4.69) is 31.9 Å². The number of hydrogen-bond acceptors (Lipinski definition) is 19. The van der Waals surface area contributed by atoms with Gasteiger partial charge in [0.25, 0.3) is 0 Å². The summed E-state index contributed by atoms with van der Waals surface area (Å²) in [4.78, 5) is 98.9.